The lowest BCUT2D eigenvalue weighted by atomic mass is 10.0. The second kappa shape index (κ2) is 12.5. The van der Waals surface area contributed by atoms with Gasteiger partial charge in [-0.2, -0.15) is 52.7 Å². The average Bonchev–Trinajstić information content (AvgIpc) is 3.01. The molecule has 0 fully saturated rings. The maximum Gasteiger partial charge on any atom is 0.418 e. The smallest absolute Gasteiger partial charge is 0.309 e. The van der Waals surface area contributed by atoms with E-state index in [0.29, 0.717) is 34.1 Å². The van der Waals surface area contributed by atoms with Crippen molar-refractivity contribution in [1.82, 2.24) is 0 Å². The van der Waals surface area contributed by atoms with Crippen LogP contribution in [0.5, 0.6) is 0 Å². The highest BCUT2D eigenvalue weighted by molar-refractivity contribution is 5.86. The highest BCUT2D eigenvalue weighted by Crippen LogP contribution is 2.50. The molecule has 0 atom stereocenters. The van der Waals surface area contributed by atoms with Gasteiger partial charge in [0.15, 0.2) is 0 Å². The van der Waals surface area contributed by atoms with Gasteiger partial charge in [-0.25, -0.2) is 0 Å². The molecule has 0 aromatic heterocycles. The van der Waals surface area contributed by atoms with Gasteiger partial charge in [0.05, 0.1) is 45.0 Å². The number of para-hydroxylation sites is 4. The highest BCUT2D eigenvalue weighted by atomic mass is 19.4. The summed E-state index contributed by atoms with van der Waals surface area (Å²) in [7, 11) is 0. The molecule has 250 valence electrons. The van der Waals surface area contributed by atoms with Crippen molar-refractivity contribution in [3.63, 3.8) is 0 Å². The Bertz CT molecular complexity index is 1660. The third kappa shape index (κ3) is 6.92. The van der Waals surface area contributed by atoms with Gasteiger partial charge < -0.3 is 9.80 Å². The van der Waals surface area contributed by atoms with Crippen LogP contribution in [0.15, 0.2) is 121 Å². The molecule has 48 heavy (non-hydrogen) atoms. The summed E-state index contributed by atoms with van der Waals surface area (Å²) < 4.78 is 171. The van der Waals surface area contributed by atoms with E-state index in [2.05, 4.69) is 0 Å². The van der Waals surface area contributed by atoms with Crippen molar-refractivity contribution in [3.8, 4) is 0 Å². The van der Waals surface area contributed by atoms with E-state index in [1.807, 2.05) is 0 Å². The van der Waals surface area contributed by atoms with Crippen LogP contribution in [-0.2, 0) is 24.7 Å². The number of benzene rings is 5. The molecule has 0 aliphatic carbocycles. The number of anilines is 6. The van der Waals surface area contributed by atoms with Crippen LogP contribution in [0.3, 0.4) is 0 Å². The maximum atomic E-state index is 14.3. The molecule has 0 N–H and O–H groups in total. The summed E-state index contributed by atoms with van der Waals surface area (Å²) in [5.41, 5.74) is -9.40. The lowest BCUT2D eigenvalue weighted by Crippen LogP contribution is -2.22. The maximum absolute atomic E-state index is 14.3. The molecule has 0 radical (unpaired) electrons. The van der Waals surface area contributed by atoms with Crippen LogP contribution in [0.4, 0.5) is 86.8 Å². The fourth-order valence-electron chi connectivity index (χ4n) is 5.22. The van der Waals surface area contributed by atoms with Gasteiger partial charge in [0.1, 0.15) is 0 Å². The second-order valence-electron chi connectivity index (χ2n) is 10.3. The van der Waals surface area contributed by atoms with E-state index in [-0.39, 0.29) is 0 Å². The molecule has 5 aromatic carbocycles. The number of alkyl halides is 12. The van der Waals surface area contributed by atoms with E-state index in [1.54, 1.807) is 0 Å². The summed E-state index contributed by atoms with van der Waals surface area (Å²) in [5.74, 6) is 0. The molecular weight excluding hydrogens is 664 g/mol. The first-order chi connectivity index (χ1) is 22.4. The van der Waals surface area contributed by atoms with Crippen LogP contribution >= 0.6 is 0 Å². The lowest BCUT2D eigenvalue weighted by molar-refractivity contribution is -0.138. The van der Waals surface area contributed by atoms with Crippen molar-refractivity contribution < 1.29 is 52.7 Å². The first kappa shape index (κ1) is 34.2. The van der Waals surface area contributed by atoms with Gasteiger partial charge in [0.2, 0.25) is 0 Å². The molecule has 0 unspecified atom stereocenters. The molecule has 0 aliphatic heterocycles. The van der Waals surface area contributed by atoms with E-state index >= 15 is 0 Å². The Balaban J connectivity index is 1.86. The SMILES string of the molecule is FC(F)(F)c1ccccc1N(c1cccc(N(c2ccccc2C(F)(F)F)c2ccccc2C(F)(F)F)c1)c1ccccc1C(F)(F)F. The second-order valence-corrected chi connectivity index (χ2v) is 10.3. The number of hydrogen-bond donors (Lipinski definition) is 0. The third-order valence-electron chi connectivity index (χ3n) is 7.15. The first-order valence-electron chi connectivity index (χ1n) is 13.7. The average molecular weight is 685 g/mol. The molecule has 5 aromatic rings. The molecule has 0 saturated heterocycles. The summed E-state index contributed by atoms with van der Waals surface area (Å²) in [5, 5.41) is 0. The zero-order valence-electron chi connectivity index (χ0n) is 24.0. The minimum Gasteiger partial charge on any atom is -0.309 e. The van der Waals surface area contributed by atoms with Gasteiger partial charge in [-0.3, -0.25) is 0 Å². The van der Waals surface area contributed by atoms with E-state index in [0.717, 1.165) is 97.1 Å². The van der Waals surface area contributed by atoms with Crippen LogP contribution in [-0.4, -0.2) is 0 Å². The van der Waals surface area contributed by atoms with Crippen molar-refractivity contribution >= 4 is 34.1 Å². The van der Waals surface area contributed by atoms with Gasteiger partial charge in [-0.1, -0.05) is 54.6 Å². The van der Waals surface area contributed by atoms with Crippen molar-refractivity contribution in [1.29, 1.82) is 0 Å². The van der Waals surface area contributed by atoms with E-state index in [9.17, 15) is 52.7 Å². The largest absolute Gasteiger partial charge is 0.418 e. The third-order valence-corrected chi connectivity index (χ3v) is 7.15. The Labute approximate surface area is 265 Å². The summed E-state index contributed by atoms with van der Waals surface area (Å²) in [6.07, 6.45) is -20.3. The minimum absolute atomic E-state index is 0.431. The Hall–Kier alpha value is -5.14. The number of rotatable bonds is 6. The Morgan fingerprint density at radius 1 is 0.292 bits per heavy atom. The van der Waals surface area contributed by atoms with Crippen molar-refractivity contribution in [2.45, 2.75) is 24.7 Å². The Kier molecular flexibility index (Phi) is 8.89. The predicted molar refractivity (Wildman–Crippen MR) is 156 cm³/mol. The normalized spacial score (nSPS) is 12.6. The van der Waals surface area contributed by atoms with Gasteiger partial charge in [-0.15, -0.1) is 0 Å². The Morgan fingerprint density at radius 3 is 0.750 bits per heavy atom. The monoisotopic (exact) mass is 684 g/mol. The van der Waals surface area contributed by atoms with Gasteiger partial charge >= 0.3 is 24.7 Å². The topological polar surface area (TPSA) is 6.48 Å². The summed E-state index contributed by atoms with van der Waals surface area (Å²) in [6, 6.07) is 19.0. The molecule has 0 amide bonds. The van der Waals surface area contributed by atoms with Crippen molar-refractivity contribution in [3.05, 3.63) is 144 Å². The zero-order valence-corrected chi connectivity index (χ0v) is 24.0. The standard InChI is InChI=1S/C34H20F12N2/c35-31(36,37)23-12-1-5-16-27(23)47(28-17-6-2-13-24(28)32(38,39)40)21-10-9-11-22(20-21)48(29-18-7-3-14-25(29)33(41,42)43)30-19-8-4-15-26(30)34(44,45)46/h1-20H. The molecule has 2 nitrogen and oxygen atoms in total. The summed E-state index contributed by atoms with van der Waals surface area (Å²) in [6.45, 7) is 0. The molecule has 5 rings (SSSR count). The van der Waals surface area contributed by atoms with Gasteiger partial charge in [0.25, 0.3) is 0 Å². The predicted octanol–water partition coefficient (Wildman–Crippen LogP) is 12.7. The van der Waals surface area contributed by atoms with Crippen molar-refractivity contribution in [2.24, 2.45) is 0 Å². The van der Waals surface area contributed by atoms with E-state index in [4.69, 9.17) is 0 Å². The number of halogens is 12. The molecule has 0 bridgehead atoms. The minimum atomic E-state index is -5.08. The fourth-order valence-corrected chi connectivity index (χ4v) is 5.22. The van der Waals surface area contributed by atoms with Crippen LogP contribution in [0.1, 0.15) is 22.3 Å². The van der Waals surface area contributed by atoms with Gasteiger partial charge in [0, 0.05) is 11.4 Å². The summed E-state index contributed by atoms with van der Waals surface area (Å²) in [4.78, 5) is 1.22. The number of hydrogen-bond acceptors (Lipinski definition) is 2. The fraction of sp³-hybridized carbons (Fsp3) is 0.118. The summed E-state index contributed by atoms with van der Waals surface area (Å²) >= 11 is 0. The Morgan fingerprint density at radius 2 is 0.521 bits per heavy atom. The first-order valence-corrected chi connectivity index (χ1v) is 13.7. The molecular formula is C34H20F12N2. The van der Waals surface area contributed by atoms with E-state index in [1.165, 1.54) is 0 Å². The molecule has 0 heterocycles. The highest BCUT2D eigenvalue weighted by Gasteiger charge is 2.41. The molecule has 14 heteroatoms. The van der Waals surface area contributed by atoms with Gasteiger partial charge in [-0.05, 0) is 66.7 Å². The van der Waals surface area contributed by atoms with Crippen LogP contribution < -0.4 is 9.80 Å². The molecule has 0 spiro atoms. The lowest BCUT2D eigenvalue weighted by Gasteiger charge is -2.33. The molecule has 0 aliphatic rings. The van der Waals surface area contributed by atoms with Crippen LogP contribution in [0, 0.1) is 0 Å². The van der Waals surface area contributed by atoms with Crippen LogP contribution in [0.25, 0.3) is 0 Å². The molecule has 0 saturated carbocycles. The quantitative estimate of drug-likeness (QED) is 0.164. The van der Waals surface area contributed by atoms with E-state index < -0.39 is 81.1 Å². The van der Waals surface area contributed by atoms with Crippen LogP contribution in [0.2, 0.25) is 0 Å². The van der Waals surface area contributed by atoms with Crippen molar-refractivity contribution in [2.75, 3.05) is 9.80 Å². The number of nitrogens with zero attached hydrogens (tertiary/aromatic N) is 2. The zero-order chi connectivity index (χ0) is 35.1.